The van der Waals surface area contributed by atoms with Gasteiger partial charge in [0.05, 0.1) is 4.92 Å². The van der Waals surface area contributed by atoms with Crippen molar-refractivity contribution in [3.63, 3.8) is 0 Å². The Morgan fingerprint density at radius 3 is 2.58 bits per heavy atom. The molecule has 0 spiro atoms. The van der Waals surface area contributed by atoms with Gasteiger partial charge >= 0.3 is 0 Å². The molecule has 0 fully saturated rings. The number of nitro benzene ring substituents is 1. The number of benzene rings is 1. The quantitative estimate of drug-likeness (QED) is 0.524. The average molecular weight is 276 g/mol. The fourth-order valence-electron chi connectivity index (χ4n) is 1.46. The van der Waals surface area contributed by atoms with E-state index in [-0.39, 0.29) is 5.69 Å². The van der Waals surface area contributed by atoms with Crippen LogP contribution < -0.4 is 5.73 Å². The van der Waals surface area contributed by atoms with E-state index in [0.717, 1.165) is 9.92 Å². The number of aryl methyl sites for hydroxylation is 1. The van der Waals surface area contributed by atoms with Crippen LogP contribution in [-0.2, 0) is 6.42 Å². The molecule has 19 heavy (non-hydrogen) atoms. The Morgan fingerprint density at radius 2 is 2.00 bits per heavy atom. The van der Waals surface area contributed by atoms with E-state index in [1.165, 1.54) is 23.9 Å². The van der Waals surface area contributed by atoms with Crippen LogP contribution >= 0.6 is 11.8 Å². The molecule has 0 amide bonds. The number of anilines is 1. The SMILES string of the molecule is CCc1nc(N)cc(Sc2ccc([N+](=O)[O-])cc2)n1. The number of hydrogen-bond donors (Lipinski definition) is 1. The van der Waals surface area contributed by atoms with Gasteiger partial charge in [0, 0.05) is 29.5 Å². The Kier molecular flexibility index (Phi) is 3.96. The van der Waals surface area contributed by atoms with Gasteiger partial charge in [0.2, 0.25) is 0 Å². The molecule has 0 saturated heterocycles. The Morgan fingerprint density at radius 1 is 1.32 bits per heavy atom. The van der Waals surface area contributed by atoms with Crippen molar-refractivity contribution in [1.82, 2.24) is 9.97 Å². The predicted molar refractivity (Wildman–Crippen MR) is 73.0 cm³/mol. The number of nitrogens with two attached hydrogens (primary N) is 1. The summed E-state index contributed by atoms with van der Waals surface area (Å²) in [5, 5.41) is 11.3. The molecule has 0 aliphatic carbocycles. The van der Waals surface area contributed by atoms with Crippen molar-refractivity contribution in [2.75, 3.05) is 5.73 Å². The van der Waals surface area contributed by atoms with Crippen molar-refractivity contribution < 1.29 is 4.92 Å². The van der Waals surface area contributed by atoms with Crippen LogP contribution in [0.25, 0.3) is 0 Å². The lowest BCUT2D eigenvalue weighted by Gasteiger charge is -2.04. The highest BCUT2D eigenvalue weighted by atomic mass is 32.2. The Balaban J connectivity index is 2.21. The smallest absolute Gasteiger partial charge is 0.269 e. The summed E-state index contributed by atoms with van der Waals surface area (Å²) in [6.45, 7) is 1.95. The number of rotatable bonds is 4. The van der Waals surface area contributed by atoms with E-state index in [4.69, 9.17) is 5.73 Å². The molecule has 2 rings (SSSR count). The molecule has 1 aromatic carbocycles. The fraction of sp³-hybridized carbons (Fsp3) is 0.167. The highest BCUT2D eigenvalue weighted by Crippen LogP contribution is 2.28. The van der Waals surface area contributed by atoms with E-state index < -0.39 is 4.92 Å². The van der Waals surface area contributed by atoms with Crippen LogP contribution in [0.2, 0.25) is 0 Å². The molecule has 0 saturated carbocycles. The van der Waals surface area contributed by atoms with Gasteiger partial charge in [0.15, 0.2) is 0 Å². The van der Waals surface area contributed by atoms with Gasteiger partial charge in [-0.05, 0) is 12.1 Å². The normalized spacial score (nSPS) is 10.4. The first-order valence-corrected chi connectivity index (χ1v) is 6.46. The summed E-state index contributed by atoms with van der Waals surface area (Å²) in [4.78, 5) is 19.4. The van der Waals surface area contributed by atoms with Gasteiger partial charge in [-0.1, -0.05) is 18.7 Å². The lowest BCUT2D eigenvalue weighted by Crippen LogP contribution is -1.99. The van der Waals surface area contributed by atoms with E-state index >= 15 is 0 Å². The molecule has 2 aromatic rings. The minimum atomic E-state index is -0.424. The second kappa shape index (κ2) is 5.66. The molecular weight excluding hydrogens is 264 g/mol. The zero-order valence-corrected chi connectivity index (χ0v) is 11.1. The predicted octanol–water partition coefficient (Wildman–Crippen LogP) is 2.68. The minimum absolute atomic E-state index is 0.0702. The number of non-ortho nitro benzene ring substituents is 1. The summed E-state index contributed by atoms with van der Waals surface area (Å²) in [5.41, 5.74) is 5.77. The van der Waals surface area contributed by atoms with Crippen molar-refractivity contribution in [3.8, 4) is 0 Å². The molecule has 0 aliphatic heterocycles. The van der Waals surface area contributed by atoms with Crippen molar-refractivity contribution in [2.24, 2.45) is 0 Å². The second-order valence-electron chi connectivity index (χ2n) is 3.75. The van der Waals surface area contributed by atoms with Crippen LogP contribution in [0.4, 0.5) is 11.5 Å². The molecular formula is C12H12N4O2S. The van der Waals surface area contributed by atoms with Gasteiger partial charge in [-0.2, -0.15) is 0 Å². The molecule has 98 valence electrons. The standard InChI is InChI=1S/C12H12N4O2S/c1-2-11-14-10(13)7-12(15-11)19-9-5-3-8(4-6-9)16(17)18/h3-7H,2H2,1H3,(H2,13,14,15). The number of nitrogens with zero attached hydrogens (tertiary/aromatic N) is 3. The first-order valence-electron chi connectivity index (χ1n) is 5.64. The van der Waals surface area contributed by atoms with Gasteiger partial charge in [0.1, 0.15) is 16.7 Å². The molecule has 0 radical (unpaired) electrons. The number of aromatic nitrogens is 2. The Bertz CT molecular complexity index is 601. The van der Waals surface area contributed by atoms with Crippen LogP contribution in [0, 0.1) is 10.1 Å². The van der Waals surface area contributed by atoms with Crippen LogP contribution in [-0.4, -0.2) is 14.9 Å². The summed E-state index contributed by atoms with van der Waals surface area (Å²) in [5.74, 6) is 1.11. The molecule has 2 N–H and O–H groups in total. The van der Waals surface area contributed by atoms with Gasteiger partial charge in [-0.25, -0.2) is 9.97 Å². The largest absolute Gasteiger partial charge is 0.384 e. The molecule has 0 aliphatic rings. The van der Waals surface area contributed by atoms with E-state index in [1.807, 2.05) is 6.92 Å². The number of hydrogen-bond acceptors (Lipinski definition) is 6. The fourth-order valence-corrected chi connectivity index (χ4v) is 2.30. The third kappa shape index (κ3) is 3.41. The summed E-state index contributed by atoms with van der Waals surface area (Å²) in [6, 6.07) is 7.99. The molecule has 0 bridgehead atoms. The molecule has 0 unspecified atom stereocenters. The molecule has 1 aromatic heterocycles. The molecule has 1 heterocycles. The van der Waals surface area contributed by atoms with E-state index in [0.29, 0.717) is 18.1 Å². The maximum Gasteiger partial charge on any atom is 0.269 e. The summed E-state index contributed by atoms with van der Waals surface area (Å²) in [7, 11) is 0. The molecule has 6 nitrogen and oxygen atoms in total. The maximum absolute atomic E-state index is 10.6. The second-order valence-corrected chi connectivity index (χ2v) is 4.85. The zero-order chi connectivity index (χ0) is 13.8. The minimum Gasteiger partial charge on any atom is -0.384 e. The van der Waals surface area contributed by atoms with Crippen LogP contribution in [0.3, 0.4) is 0 Å². The highest BCUT2D eigenvalue weighted by molar-refractivity contribution is 7.99. The third-order valence-electron chi connectivity index (χ3n) is 2.35. The lowest BCUT2D eigenvalue weighted by molar-refractivity contribution is -0.384. The first kappa shape index (κ1) is 13.3. The topological polar surface area (TPSA) is 94.9 Å². The van der Waals surface area contributed by atoms with Crippen molar-refractivity contribution in [3.05, 3.63) is 46.3 Å². The van der Waals surface area contributed by atoms with Crippen molar-refractivity contribution in [2.45, 2.75) is 23.3 Å². The van der Waals surface area contributed by atoms with Crippen molar-refractivity contribution in [1.29, 1.82) is 0 Å². The summed E-state index contributed by atoms with van der Waals surface area (Å²) in [6.07, 6.45) is 0.707. The Labute approximate surface area is 114 Å². The Hall–Kier alpha value is -2.15. The molecule has 0 atom stereocenters. The first-order chi connectivity index (χ1) is 9.08. The van der Waals surface area contributed by atoms with Crippen LogP contribution in [0.5, 0.6) is 0 Å². The van der Waals surface area contributed by atoms with Gasteiger partial charge in [-0.15, -0.1) is 0 Å². The van der Waals surface area contributed by atoms with Crippen LogP contribution in [0.1, 0.15) is 12.7 Å². The summed E-state index contributed by atoms with van der Waals surface area (Å²) < 4.78 is 0. The number of nitrogen functional groups attached to an aromatic ring is 1. The molecule has 7 heteroatoms. The lowest BCUT2D eigenvalue weighted by atomic mass is 10.3. The third-order valence-corrected chi connectivity index (χ3v) is 3.28. The van der Waals surface area contributed by atoms with Crippen LogP contribution in [0.15, 0.2) is 40.3 Å². The zero-order valence-electron chi connectivity index (χ0n) is 10.2. The average Bonchev–Trinajstić information content (AvgIpc) is 2.38. The van der Waals surface area contributed by atoms with E-state index in [1.54, 1.807) is 18.2 Å². The van der Waals surface area contributed by atoms with Crippen molar-refractivity contribution >= 4 is 23.3 Å². The maximum atomic E-state index is 10.6. The van der Waals surface area contributed by atoms with E-state index in [2.05, 4.69) is 9.97 Å². The summed E-state index contributed by atoms with van der Waals surface area (Å²) >= 11 is 1.40. The highest BCUT2D eigenvalue weighted by Gasteiger charge is 2.07. The monoisotopic (exact) mass is 276 g/mol. The van der Waals surface area contributed by atoms with E-state index in [9.17, 15) is 10.1 Å². The number of nitro groups is 1. The van der Waals surface area contributed by atoms with Gasteiger partial charge in [-0.3, -0.25) is 10.1 Å². The van der Waals surface area contributed by atoms with Gasteiger partial charge < -0.3 is 5.73 Å². The van der Waals surface area contributed by atoms with Gasteiger partial charge in [0.25, 0.3) is 5.69 Å².